The molecule has 0 spiro atoms. The molecule has 1 saturated heterocycles. The van der Waals surface area contributed by atoms with Gasteiger partial charge in [-0.3, -0.25) is 4.79 Å². The van der Waals surface area contributed by atoms with Gasteiger partial charge in [-0.2, -0.15) is 6.41 Å². The van der Waals surface area contributed by atoms with Crippen molar-refractivity contribution in [1.29, 1.82) is 0 Å². The molecule has 6 nitrogen and oxygen atoms in total. The third-order valence-corrected chi connectivity index (χ3v) is 7.00. The molecular weight excluding hydrogens is 497 g/mol. The summed E-state index contributed by atoms with van der Waals surface area (Å²) in [6, 6.07) is 5.96. The van der Waals surface area contributed by atoms with E-state index in [0.717, 1.165) is 18.2 Å². The summed E-state index contributed by atoms with van der Waals surface area (Å²) in [6.07, 6.45) is 5.69. The fraction of sp³-hybridized carbons (Fsp3) is 0.524. The van der Waals surface area contributed by atoms with Gasteiger partial charge in [0.1, 0.15) is 0 Å². The quantitative estimate of drug-likeness (QED) is 0.407. The van der Waals surface area contributed by atoms with E-state index in [-0.39, 0.29) is 80.8 Å². The number of carbonyl (C=O) groups excluding carboxylic acids is 2. The fourth-order valence-corrected chi connectivity index (χ4v) is 4.72. The maximum Gasteiger partial charge on any atom is 1.00 e. The van der Waals surface area contributed by atoms with Crippen molar-refractivity contribution in [2.75, 3.05) is 19.6 Å². The fourth-order valence-electron chi connectivity index (χ4n) is 3.53. The predicted octanol–water partition coefficient (Wildman–Crippen LogP) is 0.189. The first kappa shape index (κ1) is 28.0. The minimum Gasteiger partial charge on any atom is -0.520 e. The van der Waals surface area contributed by atoms with E-state index in [9.17, 15) is 18.0 Å². The van der Waals surface area contributed by atoms with Gasteiger partial charge in [0, 0.05) is 23.5 Å². The van der Waals surface area contributed by atoms with Gasteiger partial charge < -0.3 is 15.0 Å². The monoisotopic (exact) mass is 524 g/mol. The zero-order valence-corrected chi connectivity index (χ0v) is 24.3. The third kappa shape index (κ3) is 8.83. The number of hydrogen-bond donors (Lipinski definition) is 1. The Labute approximate surface area is 233 Å². The van der Waals surface area contributed by atoms with E-state index in [1.54, 1.807) is 4.90 Å². The number of benzene rings is 1. The summed E-state index contributed by atoms with van der Waals surface area (Å²) >= 11 is 5.78. The van der Waals surface area contributed by atoms with E-state index in [2.05, 4.69) is 12.2 Å². The number of hydrogen-bond acceptors (Lipinski definition) is 4. The van der Waals surface area contributed by atoms with Crippen LogP contribution in [0, 0.1) is 17.8 Å². The van der Waals surface area contributed by atoms with Crippen LogP contribution >= 0.6 is 11.6 Å². The summed E-state index contributed by atoms with van der Waals surface area (Å²) in [5.74, 6) is 0.196. The van der Waals surface area contributed by atoms with Gasteiger partial charge in [-0.05, 0) is 61.9 Å². The molecule has 2 rings (SSSR count). The van der Waals surface area contributed by atoms with Crippen LogP contribution in [0.25, 0.3) is 0 Å². The number of likely N-dealkylation sites (tertiary alicyclic amines) is 1. The van der Waals surface area contributed by atoms with Crippen molar-refractivity contribution in [3.8, 4) is 0 Å². The molecular formula is C21H28ClN2O4RbS. The van der Waals surface area contributed by atoms with E-state index in [1.165, 1.54) is 30.3 Å². The zero-order chi connectivity index (χ0) is 21.4. The van der Waals surface area contributed by atoms with Crippen LogP contribution in [0.1, 0.15) is 33.1 Å². The van der Waals surface area contributed by atoms with Crippen LogP contribution in [-0.4, -0.2) is 45.3 Å². The summed E-state index contributed by atoms with van der Waals surface area (Å²) in [6.45, 7) is 5.48. The van der Waals surface area contributed by atoms with Crippen molar-refractivity contribution in [1.82, 2.24) is 10.2 Å². The molecule has 0 bridgehead atoms. The Bertz CT molecular complexity index is 830. The van der Waals surface area contributed by atoms with Gasteiger partial charge in [-0.15, -0.1) is 0 Å². The number of amides is 2. The summed E-state index contributed by atoms with van der Waals surface area (Å²) in [4.78, 5) is 25.5. The molecule has 0 radical (unpaired) electrons. The Balaban J connectivity index is 0.00000450. The van der Waals surface area contributed by atoms with Crippen molar-refractivity contribution in [2.45, 2.75) is 38.0 Å². The average molecular weight is 525 g/mol. The zero-order valence-electron chi connectivity index (χ0n) is 17.8. The van der Waals surface area contributed by atoms with Crippen LogP contribution in [0.5, 0.6) is 0 Å². The molecule has 3 unspecified atom stereocenters. The molecule has 1 fully saturated rings. The van der Waals surface area contributed by atoms with Crippen molar-refractivity contribution >= 4 is 33.8 Å². The van der Waals surface area contributed by atoms with Gasteiger partial charge in [-0.25, -0.2) is 8.42 Å². The van der Waals surface area contributed by atoms with Crippen LogP contribution in [0.3, 0.4) is 0 Å². The van der Waals surface area contributed by atoms with Crippen LogP contribution in [-0.2, 0) is 19.4 Å². The molecule has 0 aromatic heterocycles. The van der Waals surface area contributed by atoms with Crippen LogP contribution < -0.4 is 63.5 Å². The Kier molecular flexibility index (Phi) is 12.6. The van der Waals surface area contributed by atoms with Crippen molar-refractivity contribution in [3.05, 3.63) is 40.8 Å². The van der Waals surface area contributed by atoms with E-state index < -0.39 is 9.84 Å². The molecule has 0 aliphatic carbocycles. The number of halogens is 1. The molecule has 2 amide bonds. The number of carbonyl (C=O) groups is 1. The second-order valence-electron chi connectivity index (χ2n) is 7.70. The minimum absolute atomic E-state index is 0. The van der Waals surface area contributed by atoms with Gasteiger partial charge >= 0.3 is 58.2 Å². The van der Waals surface area contributed by atoms with Gasteiger partial charge in [0.2, 0.25) is 5.91 Å². The minimum atomic E-state index is -3.53. The molecule has 1 N–H and O–H groups in total. The topological polar surface area (TPSA) is 83.6 Å². The molecule has 1 aliphatic rings. The van der Waals surface area contributed by atoms with Crippen LogP contribution in [0.2, 0.25) is 5.02 Å². The first-order valence-electron chi connectivity index (χ1n) is 9.80. The Hall–Kier alpha value is -0.0548. The standard InChI is InChI=1S/C21H28ClN2O4S.Rb/c1-16-9-11-24(15-25)14-20(17(2)13-16)21(26)23-10-3-4-12-29(27,28)19-7-5-18(22)6-8-19;/h4-8,12,16-17,20H,3,9-11,13-14H2,1-2H3,(H,23,26);/q-1;+1/b12-4+;. The molecule has 1 aromatic carbocycles. The predicted molar refractivity (Wildman–Crippen MR) is 114 cm³/mol. The Morgan fingerprint density at radius 2 is 1.97 bits per heavy atom. The normalized spacial score (nSPS) is 22.6. The number of sulfone groups is 1. The molecule has 3 atom stereocenters. The smallest absolute Gasteiger partial charge is 0.520 e. The summed E-state index contributed by atoms with van der Waals surface area (Å²) < 4.78 is 24.5. The number of rotatable bonds is 7. The van der Waals surface area contributed by atoms with Gasteiger partial charge in [0.05, 0.1) is 10.8 Å². The van der Waals surface area contributed by atoms with Crippen molar-refractivity contribution in [2.24, 2.45) is 17.8 Å². The average Bonchev–Trinajstić information content (AvgIpc) is 2.66. The first-order chi connectivity index (χ1) is 13.7. The number of nitrogens with one attached hydrogen (secondary N) is 1. The number of nitrogens with zero attached hydrogens (tertiary/aromatic N) is 1. The van der Waals surface area contributed by atoms with Gasteiger partial charge in [0.25, 0.3) is 0 Å². The maximum absolute atomic E-state index is 12.6. The second-order valence-corrected chi connectivity index (χ2v) is 9.97. The van der Waals surface area contributed by atoms with Gasteiger partial charge in [-0.1, -0.05) is 31.5 Å². The molecule has 0 saturated carbocycles. The second kappa shape index (κ2) is 13.5. The molecule has 1 heterocycles. The Morgan fingerprint density at radius 1 is 1.30 bits per heavy atom. The van der Waals surface area contributed by atoms with Crippen molar-refractivity contribution in [3.63, 3.8) is 0 Å². The first-order valence-corrected chi connectivity index (χ1v) is 11.7. The largest absolute Gasteiger partial charge is 1.00 e. The molecule has 30 heavy (non-hydrogen) atoms. The maximum atomic E-state index is 12.6. The van der Waals surface area contributed by atoms with Crippen LogP contribution in [0.4, 0.5) is 0 Å². The van der Waals surface area contributed by atoms with Gasteiger partial charge in [0.15, 0.2) is 9.84 Å². The molecule has 1 aromatic rings. The van der Waals surface area contributed by atoms with Crippen molar-refractivity contribution < 1.29 is 76.2 Å². The molecule has 9 heteroatoms. The molecule has 1 aliphatic heterocycles. The summed E-state index contributed by atoms with van der Waals surface area (Å²) in [5.41, 5.74) is 0. The van der Waals surface area contributed by atoms with Crippen LogP contribution in [0.15, 0.2) is 40.6 Å². The summed E-state index contributed by atoms with van der Waals surface area (Å²) in [5, 5.41) is 4.48. The Morgan fingerprint density at radius 3 is 2.60 bits per heavy atom. The summed E-state index contributed by atoms with van der Waals surface area (Å²) in [7, 11) is -3.53. The SMILES string of the molecule is CC1CCN([C-]=O)CC(C(=O)NCC/C=C/S(=O)(=O)c2ccc(Cl)cc2)C(C)C1.[Rb+]. The van der Waals surface area contributed by atoms with E-state index in [0.29, 0.717) is 37.0 Å². The van der Waals surface area contributed by atoms with E-state index in [4.69, 9.17) is 11.6 Å². The molecule has 160 valence electrons. The third-order valence-electron chi connectivity index (χ3n) is 5.26. The van der Waals surface area contributed by atoms with E-state index >= 15 is 0 Å². The van der Waals surface area contributed by atoms with E-state index in [1.807, 2.05) is 13.3 Å².